The monoisotopic (exact) mass is 417 g/mol. The van der Waals surface area contributed by atoms with Crippen LogP contribution in [0.3, 0.4) is 0 Å². The molecule has 0 aliphatic heterocycles. The summed E-state index contributed by atoms with van der Waals surface area (Å²) in [6, 6.07) is 17.3. The number of thiazole rings is 1. The summed E-state index contributed by atoms with van der Waals surface area (Å²) in [5, 5.41) is 8.13. The van der Waals surface area contributed by atoms with Crippen LogP contribution in [0.4, 0.5) is 5.13 Å². The normalized spacial score (nSPS) is 11.1. The maximum atomic E-state index is 13.1. The molecule has 0 bridgehead atoms. The lowest BCUT2D eigenvalue weighted by Gasteiger charge is -2.08. The summed E-state index contributed by atoms with van der Waals surface area (Å²) >= 11 is 2.96. The molecule has 5 rings (SSSR count). The number of anilines is 1. The number of para-hydroxylation sites is 1. The molecular weight excluding hydrogens is 402 g/mol. The van der Waals surface area contributed by atoms with Gasteiger partial charge in [0.05, 0.1) is 21.7 Å². The number of furan rings is 1. The molecule has 0 atom stereocenters. The number of hydrogen-bond acceptors (Lipinski definition) is 6. The molecule has 0 radical (unpaired) electrons. The quantitative estimate of drug-likeness (QED) is 0.376. The molecule has 1 amide bonds. The van der Waals surface area contributed by atoms with E-state index in [4.69, 9.17) is 9.40 Å². The van der Waals surface area contributed by atoms with Crippen LogP contribution in [0.15, 0.2) is 69.8 Å². The highest BCUT2D eigenvalue weighted by atomic mass is 32.1. The fourth-order valence-corrected chi connectivity index (χ4v) is 4.48. The molecule has 0 saturated carbocycles. The highest BCUT2D eigenvalue weighted by molar-refractivity contribution is 7.14. The van der Waals surface area contributed by atoms with Crippen LogP contribution in [0, 0.1) is 6.92 Å². The van der Waals surface area contributed by atoms with E-state index in [2.05, 4.69) is 10.3 Å². The standard InChI is InChI=1S/C22H15N3O2S2/c1-13-8-9-19(27-13)18-12-29-22(24-18)25-21(26)15-11-17(20-7-4-10-28-20)23-16-6-3-2-5-14(15)16/h2-12H,1H3,(H,24,25,26). The molecule has 0 unspecified atom stereocenters. The van der Waals surface area contributed by atoms with Gasteiger partial charge in [-0.25, -0.2) is 9.97 Å². The fourth-order valence-electron chi connectivity index (χ4n) is 3.09. The molecule has 0 aliphatic carbocycles. The lowest BCUT2D eigenvalue weighted by molar-refractivity contribution is 0.102. The average Bonchev–Trinajstić information content (AvgIpc) is 3.49. The number of carbonyl (C=O) groups is 1. The molecule has 5 aromatic rings. The van der Waals surface area contributed by atoms with Crippen LogP contribution >= 0.6 is 22.7 Å². The molecule has 4 aromatic heterocycles. The van der Waals surface area contributed by atoms with Crippen LogP contribution in [0.1, 0.15) is 16.1 Å². The third kappa shape index (κ3) is 3.46. The Balaban J connectivity index is 1.50. The number of aryl methyl sites for hydroxylation is 1. The molecule has 7 heteroatoms. The van der Waals surface area contributed by atoms with Crippen molar-refractivity contribution < 1.29 is 9.21 Å². The van der Waals surface area contributed by atoms with Crippen LogP contribution in [-0.2, 0) is 0 Å². The van der Waals surface area contributed by atoms with Crippen molar-refractivity contribution in [3.63, 3.8) is 0 Å². The Morgan fingerprint density at radius 3 is 2.69 bits per heavy atom. The summed E-state index contributed by atoms with van der Waals surface area (Å²) in [6.07, 6.45) is 0. The minimum absolute atomic E-state index is 0.210. The number of amides is 1. The van der Waals surface area contributed by atoms with E-state index < -0.39 is 0 Å². The Morgan fingerprint density at radius 1 is 1.00 bits per heavy atom. The van der Waals surface area contributed by atoms with Gasteiger partial charge < -0.3 is 4.42 Å². The topological polar surface area (TPSA) is 68.0 Å². The van der Waals surface area contributed by atoms with Crippen molar-refractivity contribution in [2.45, 2.75) is 6.92 Å². The molecule has 29 heavy (non-hydrogen) atoms. The third-order valence-electron chi connectivity index (χ3n) is 4.45. The Morgan fingerprint density at radius 2 is 1.90 bits per heavy atom. The smallest absolute Gasteiger partial charge is 0.258 e. The van der Waals surface area contributed by atoms with E-state index in [0.29, 0.717) is 22.1 Å². The molecule has 142 valence electrons. The van der Waals surface area contributed by atoms with Gasteiger partial charge in [0.15, 0.2) is 10.9 Å². The maximum Gasteiger partial charge on any atom is 0.258 e. The van der Waals surface area contributed by atoms with Gasteiger partial charge in [-0.3, -0.25) is 10.1 Å². The molecule has 0 aliphatic rings. The number of fused-ring (bicyclic) bond motifs is 1. The first-order chi connectivity index (χ1) is 14.2. The Kier molecular flexibility index (Phi) is 4.46. The number of nitrogens with one attached hydrogen (secondary N) is 1. The Bertz CT molecular complexity index is 1320. The Labute approximate surface area is 174 Å². The van der Waals surface area contributed by atoms with E-state index >= 15 is 0 Å². The number of thiophene rings is 1. The highest BCUT2D eigenvalue weighted by Gasteiger charge is 2.16. The van der Waals surface area contributed by atoms with Gasteiger partial charge >= 0.3 is 0 Å². The zero-order valence-electron chi connectivity index (χ0n) is 15.4. The van der Waals surface area contributed by atoms with E-state index in [1.165, 1.54) is 11.3 Å². The number of carbonyl (C=O) groups excluding carboxylic acids is 1. The molecule has 4 heterocycles. The van der Waals surface area contributed by atoms with Crippen LogP contribution < -0.4 is 5.32 Å². The van der Waals surface area contributed by atoms with Crippen molar-refractivity contribution in [1.82, 2.24) is 9.97 Å². The lowest BCUT2D eigenvalue weighted by atomic mass is 10.1. The third-order valence-corrected chi connectivity index (χ3v) is 6.10. The zero-order chi connectivity index (χ0) is 19.8. The maximum absolute atomic E-state index is 13.1. The van der Waals surface area contributed by atoms with Crippen molar-refractivity contribution in [3.8, 4) is 22.0 Å². The summed E-state index contributed by atoms with van der Waals surface area (Å²) in [5.41, 5.74) is 2.85. The summed E-state index contributed by atoms with van der Waals surface area (Å²) < 4.78 is 5.61. The van der Waals surface area contributed by atoms with Gasteiger partial charge in [0.2, 0.25) is 0 Å². The van der Waals surface area contributed by atoms with Crippen LogP contribution in [0.25, 0.3) is 32.9 Å². The summed E-state index contributed by atoms with van der Waals surface area (Å²) in [7, 11) is 0. The van der Waals surface area contributed by atoms with E-state index in [0.717, 1.165) is 27.2 Å². The van der Waals surface area contributed by atoms with Crippen LogP contribution in [0.5, 0.6) is 0 Å². The second kappa shape index (κ2) is 7.27. The second-order valence-corrected chi connectivity index (χ2v) is 8.26. The fraction of sp³-hybridized carbons (Fsp3) is 0.0455. The lowest BCUT2D eigenvalue weighted by Crippen LogP contribution is -2.13. The van der Waals surface area contributed by atoms with E-state index in [1.807, 2.05) is 72.3 Å². The zero-order valence-corrected chi connectivity index (χ0v) is 17.0. The van der Waals surface area contributed by atoms with E-state index in [9.17, 15) is 4.79 Å². The molecule has 0 spiro atoms. The van der Waals surface area contributed by atoms with Gasteiger partial charge in [-0.15, -0.1) is 22.7 Å². The van der Waals surface area contributed by atoms with Crippen molar-refractivity contribution >= 4 is 44.6 Å². The van der Waals surface area contributed by atoms with Crippen molar-refractivity contribution in [3.05, 3.63) is 76.7 Å². The number of pyridine rings is 1. The molecule has 5 nitrogen and oxygen atoms in total. The highest BCUT2D eigenvalue weighted by Crippen LogP contribution is 2.30. The predicted molar refractivity (Wildman–Crippen MR) is 118 cm³/mol. The van der Waals surface area contributed by atoms with Gasteiger partial charge in [0.1, 0.15) is 11.5 Å². The number of benzene rings is 1. The first-order valence-corrected chi connectivity index (χ1v) is 10.7. The van der Waals surface area contributed by atoms with Crippen molar-refractivity contribution in [2.24, 2.45) is 0 Å². The van der Waals surface area contributed by atoms with Gasteiger partial charge in [0.25, 0.3) is 5.91 Å². The average molecular weight is 418 g/mol. The first kappa shape index (κ1) is 17.8. The SMILES string of the molecule is Cc1ccc(-c2csc(NC(=O)c3cc(-c4cccs4)nc4ccccc34)n2)o1. The Hall–Kier alpha value is -3.29. The van der Waals surface area contributed by atoms with Crippen molar-refractivity contribution in [2.75, 3.05) is 5.32 Å². The summed E-state index contributed by atoms with van der Waals surface area (Å²) in [4.78, 5) is 23.3. The molecule has 1 N–H and O–H groups in total. The molecular formula is C22H15N3O2S2. The second-order valence-electron chi connectivity index (χ2n) is 6.45. The number of aromatic nitrogens is 2. The molecule has 1 aromatic carbocycles. The van der Waals surface area contributed by atoms with E-state index in [1.54, 1.807) is 11.3 Å². The van der Waals surface area contributed by atoms with E-state index in [-0.39, 0.29) is 5.91 Å². The minimum Gasteiger partial charge on any atom is -0.460 e. The number of rotatable bonds is 4. The largest absolute Gasteiger partial charge is 0.460 e. The first-order valence-electron chi connectivity index (χ1n) is 8.95. The predicted octanol–water partition coefficient (Wildman–Crippen LogP) is 6.24. The minimum atomic E-state index is -0.210. The summed E-state index contributed by atoms with van der Waals surface area (Å²) in [5.74, 6) is 1.30. The van der Waals surface area contributed by atoms with Crippen LogP contribution in [-0.4, -0.2) is 15.9 Å². The number of hydrogen-bond donors (Lipinski definition) is 1. The van der Waals surface area contributed by atoms with Crippen LogP contribution in [0.2, 0.25) is 0 Å². The number of nitrogens with zero attached hydrogens (tertiary/aromatic N) is 2. The summed E-state index contributed by atoms with van der Waals surface area (Å²) in [6.45, 7) is 1.89. The van der Waals surface area contributed by atoms with Gasteiger partial charge in [0, 0.05) is 10.8 Å². The van der Waals surface area contributed by atoms with Gasteiger partial charge in [-0.2, -0.15) is 0 Å². The molecule has 0 fully saturated rings. The van der Waals surface area contributed by atoms with Crippen molar-refractivity contribution in [1.29, 1.82) is 0 Å². The molecule has 0 saturated heterocycles. The van der Waals surface area contributed by atoms with Gasteiger partial charge in [-0.05, 0) is 42.6 Å². The van der Waals surface area contributed by atoms with Gasteiger partial charge in [-0.1, -0.05) is 24.3 Å².